The number of aryl methyl sites for hydroxylation is 2. The molecule has 67 heavy (non-hydrogen) atoms. The van der Waals surface area contributed by atoms with E-state index in [0.29, 0.717) is 0 Å². The Bertz CT molecular complexity index is 2100. The lowest BCUT2D eigenvalue weighted by Gasteiger charge is -2.28. The molecule has 0 unspecified atom stereocenters. The molecule has 0 saturated carbocycles. The summed E-state index contributed by atoms with van der Waals surface area (Å²) in [5.74, 6) is 0. The van der Waals surface area contributed by atoms with E-state index < -0.39 is 0 Å². The minimum Gasteiger partial charge on any atom is -0.265 e. The molecular formula is C61H92N6. The maximum absolute atomic E-state index is 4.35. The van der Waals surface area contributed by atoms with Gasteiger partial charge >= 0.3 is 0 Å². The fourth-order valence-electron chi connectivity index (χ4n) is 6.83. The van der Waals surface area contributed by atoms with Gasteiger partial charge in [-0.25, -0.2) is 0 Å². The molecule has 0 saturated heterocycles. The molecule has 0 aliphatic carbocycles. The van der Waals surface area contributed by atoms with Crippen molar-refractivity contribution in [2.45, 2.75) is 206 Å². The molecule has 0 N–H and O–H groups in total. The van der Waals surface area contributed by atoms with E-state index in [0.717, 1.165) is 17.1 Å². The monoisotopic (exact) mass is 909 g/mol. The minimum atomic E-state index is 0.119. The summed E-state index contributed by atoms with van der Waals surface area (Å²) in [5.41, 5.74) is 18.6. The van der Waals surface area contributed by atoms with Crippen molar-refractivity contribution in [3.63, 3.8) is 0 Å². The zero-order valence-corrected chi connectivity index (χ0v) is 47.0. The van der Waals surface area contributed by atoms with Crippen molar-refractivity contribution >= 4 is 0 Å². The van der Waals surface area contributed by atoms with Crippen molar-refractivity contribution in [3.05, 3.63) is 177 Å². The van der Waals surface area contributed by atoms with Crippen LogP contribution in [-0.2, 0) is 32.5 Å². The first kappa shape index (κ1) is 59.9. The molecule has 0 fully saturated rings. The van der Waals surface area contributed by atoms with Gasteiger partial charge in [0.05, 0.1) is 5.69 Å². The Balaban J connectivity index is 0.000000405. The van der Waals surface area contributed by atoms with E-state index in [1.54, 1.807) is 24.8 Å². The van der Waals surface area contributed by atoms with Crippen LogP contribution < -0.4 is 0 Å². The quantitative estimate of drug-likeness (QED) is 0.151. The van der Waals surface area contributed by atoms with Gasteiger partial charge in [-0.05, 0) is 156 Å². The topological polar surface area (TPSA) is 77.3 Å². The molecule has 366 valence electrons. The summed E-state index contributed by atoms with van der Waals surface area (Å²) < 4.78 is 0. The van der Waals surface area contributed by atoms with Crippen molar-refractivity contribution in [2.75, 3.05) is 0 Å². The number of hydrogen-bond acceptors (Lipinski definition) is 6. The molecule has 5 aromatic heterocycles. The smallest absolute Gasteiger partial charge is 0.0640 e. The molecule has 5 heterocycles. The van der Waals surface area contributed by atoms with E-state index in [1.807, 2.05) is 56.1 Å². The number of hydrogen-bond donors (Lipinski definition) is 0. The van der Waals surface area contributed by atoms with Gasteiger partial charge < -0.3 is 0 Å². The first-order valence-corrected chi connectivity index (χ1v) is 24.0. The van der Waals surface area contributed by atoms with Gasteiger partial charge in [0.2, 0.25) is 0 Å². The van der Waals surface area contributed by atoms with E-state index in [9.17, 15) is 0 Å². The molecule has 6 heteroatoms. The van der Waals surface area contributed by atoms with Crippen LogP contribution in [0.15, 0.2) is 104 Å². The van der Waals surface area contributed by atoms with Gasteiger partial charge in [-0.2, -0.15) is 0 Å². The molecule has 0 spiro atoms. The summed E-state index contributed by atoms with van der Waals surface area (Å²) >= 11 is 0. The maximum atomic E-state index is 4.35. The van der Waals surface area contributed by atoms with Crippen LogP contribution in [0.5, 0.6) is 0 Å². The standard InChI is InChI=1S/C15H24.C11H17N.3C9H13N.C8H12N2/c1-9-10(2)12(4)14(15(6,7)8)13(5)11(9)3;1-8-6-10(11(3,4)5)7-12-9(8)2;1-9(2,3)8-4-6-10-7-5-8;1-9(2,3)8-5-4-6-10-7-8;1-9(2,3)8-6-4-5-7-10-8;1-8(2,3)7-6-9-4-5-10-7/h1-8H3;6-7H,1-5H3;3*4-7H,1-3H3;4-6H,1-3H3. The van der Waals surface area contributed by atoms with Crippen LogP contribution in [0, 0.1) is 48.5 Å². The van der Waals surface area contributed by atoms with Gasteiger partial charge in [-0.1, -0.05) is 143 Å². The molecule has 6 aromatic rings. The second-order valence-electron chi connectivity index (χ2n) is 23.9. The average Bonchev–Trinajstić information content (AvgIpc) is 3.24. The third-order valence-electron chi connectivity index (χ3n) is 11.8. The summed E-state index contributed by atoms with van der Waals surface area (Å²) in [6.45, 7) is 54.9. The van der Waals surface area contributed by atoms with E-state index in [4.69, 9.17) is 0 Å². The number of rotatable bonds is 0. The highest BCUT2D eigenvalue weighted by atomic mass is 14.8. The lowest BCUT2D eigenvalue weighted by molar-refractivity contribution is 0.565. The lowest BCUT2D eigenvalue weighted by Crippen LogP contribution is -2.17. The molecule has 0 atom stereocenters. The van der Waals surface area contributed by atoms with Crippen molar-refractivity contribution in [2.24, 2.45) is 0 Å². The van der Waals surface area contributed by atoms with Crippen LogP contribution in [0.4, 0.5) is 0 Å². The van der Waals surface area contributed by atoms with Gasteiger partial charge in [0.15, 0.2) is 0 Å². The summed E-state index contributed by atoms with van der Waals surface area (Å²) in [4.78, 5) is 24.8. The van der Waals surface area contributed by atoms with E-state index in [2.05, 4.69) is 226 Å². The lowest BCUT2D eigenvalue weighted by atomic mass is 9.77. The second kappa shape index (κ2) is 25.3. The Morgan fingerprint density at radius 2 is 0.791 bits per heavy atom. The molecule has 0 amide bonds. The minimum absolute atomic E-state index is 0.119. The Kier molecular flexibility index (Phi) is 22.6. The molecule has 1 aromatic carbocycles. The molecular weight excluding hydrogens is 817 g/mol. The third-order valence-corrected chi connectivity index (χ3v) is 11.8. The van der Waals surface area contributed by atoms with Gasteiger partial charge in [-0.15, -0.1) is 0 Å². The van der Waals surface area contributed by atoms with Gasteiger partial charge in [-0.3, -0.25) is 29.9 Å². The van der Waals surface area contributed by atoms with Gasteiger partial charge in [0, 0.05) is 78.0 Å². The zero-order chi connectivity index (χ0) is 51.8. The highest BCUT2D eigenvalue weighted by molar-refractivity contribution is 5.52. The van der Waals surface area contributed by atoms with Crippen molar-refractivity contribution < 1.29 is 0 Å². The van der Waals surface area contributed by atoms with Crippen LogP contribution in [0.2, 0.25) is 0 Å². The van der Waals surface area contributed by atoms with Crippen LogP contribution >= 0.6 is 0 Å². The summed E-state index contributed by atoms with van der Waals surface area (Å²) in [7, 11) is 0. The first-order chi connectivity index (χ1) is 30.5. The molecule has 0 aliphatic heterocycles. The van der Waals surface area contributed by atoms with Crippen molar-refractivity contribution in [3.8, 4) is 0 Å². The van der Waals surface area contributed by atoms with Gasteiger partial charge in [0.1, 0.15) is 0 Å². The van der Waals surface area contributed by atoms with Crippen LogP contribution in [0.1, 0.15) is 197 Å². The summed E-state index contributed by atoms with van der Waals surface area (Å²) in [6, 6.07) is 16.4. The molecule has 0 radical (unpaired) electrons. The maximum Gasteiger partial charge on any atom is 0.0640 e. The Morgan fingerprint density at radius 1 is 0.313 bits per heavy atom. The molecule has 0 bridgehead atoms. The first-order valence-electron chi connectivity index (χ1n) is 24.0. The molecule has 6 rings (SSSR count). The number of benzene rings is 1. The normalized spacial score (nSPS) is 11.7. The number of aromatic nitrogens is 6. The Labute approximate surface area is 410 Å². The highest BCUT2D eigenvalue weighted by Crippen LogP contribution is 2.34. The van der Waals surface area contributed by atoms with Crippen LogP contribution in [0.3, 0.4) is 0 Å². The predicted octanol–water partition coefficient (Wildman–Crippen LogP) is 16.4. The van der Waals surface area contributed by atoms with E-state index in [-0.39, 0.29) is 32.5 Å². The fourth-order valence-corrected chi connectivity index (χ4v) is 6.83. The average molecular weight is 909 g/mol. The highest BCUT2D eigenvalue weighted by Gasteiger charge is 2.22. The van der Waals surface area contributed by atoms with Crippen molar-refractivity contribution in [1.29, 1.82) is 0 Å². The Morgan fingerprint density at radius 3 is 1.10 bits per heavy atom. The number of pyridine rings is 4. The third kappa shape index (κ3) is 21.2. The summed E-state index contributed by atoms with van der Waals surface area (Å²) in [6.07, 6.45) is 16.4. The second-order valence-corrected chi connectivity index (χ2v) is 23.9. The summed E-state index contributed by atoms with van der Waals surface area (Å²) in [5, 5.41) is 0. The number of nitrogens with zero attached hydrogens (tertiary/aromatic N) is 6. The molecule has 0 aliphatic rings. The largest absolute Gasteiger partial charge is 0.265 e. The van der Waals surface area contributed by atoms with Crippen LogP contribution in [-0.4, -0.2) is 29.9 Å². The Hall–Kier alpha value is -5.10. The van der Waals surface area contributed by atoms with Crippen LogP contribution in [0.25, 0.3) is 0 Å². The van der Waals surface area contributed by atoms with Crippen molar-refractivity contribution in [1.82, 2.24) is 29.9 Å². The SMILES string of the molecule is CC(C)(C)c1ccccn1.CC(C)(C)c1cccnc1.CC(C)(C)c1ccncc1.CC(C)(C)c1cnccn1.Cc1c(C)c(C)c(C(C)(C)C)c(C)c1C.Cc1cc(C(C)(C)C)cnc1C. The van der Waals surface area contributed by atoms with E-state index in [1.165, 1.54) is 55.6 Å². The molecule has 6 nitrogen and oxygen atoms in total. The fraction of sp³-hybridized carbons (Fsp3) is 0.508. The van der Waals surface area contributed by atoms with Gasteiger partial charge in [0.25, 0.3) is 0 Å². The predicted molar refractivity (Wildman–Crippen MR) is 291 cm³/mol. The zero-order valence-electron chi connectivity index (χ0n) is 47.0. The van der Waals surface area contributed by atoms with E-state index >= 15 is 0 Å².